The minimum Gasteiger partial charge on any atom is -0.370 e. The maximum atomic E-state index is 10.8. The quantitative estimate of drug-likeness (QED) is 0.371. The van der Waals surface area contributed by atoms with Crippen LogP contribution in [-0.2, 0) is 4.79 Å². The fourth-order valence-electron chi connectivity index (χ4n) is 1.27. The van der Waals surface area contributed by atoms with E-state index in [-0.39, 0.29) is 18.4 Å². The Bertz CT molecular complexity index is 421. The molecule has 0 fully saturated rings. The molecule has 1 atom stereocenters. The Labute approximate surface area is 105 Å². The molecule has 0 aliphatic rings. The van der Waals surface area contributed by atoms with E-state index in [9.17, 15) is 4.79 Å². The molecule has 0 spiro atoms. The van der Waals surface area contributed by atoms with Gasteiger partial charge in [0.15, 0.2) is 0 Å². The number of nitrogens with zero attached hydrogens (tertiary/aromatic N) is 4. The zero-order chi connectivity index (χ0) is 13.7. The number of nitrogen functional groups attached to an aromatic ring is 1. The van der Waals surface area contributed by atoms with Crippen LogP contribution in [0.15, 0.2) is 0 Å². The average molecular weight is 254 g/mol. The van der Waals surface area contributed by atoms with Gasteiger partial charge in [-0.2, -0.15) is 15.0 Å². The first-order valence-corrected chi connectivity index (χ1v) is 5.37. The van der Waals surface area contributed by atoms with Gasteiger partial charge in [0.05, 0.1) is 0 Å². The largest absolute Gasteiger partial charge is 0.370 e. The number of hydrogen-bond acceptors (Lipinski definition) is 8. The van der Waals surface area contributed by atoms with Gasteiger partial charge in [-0.05, 0) is 6.92 Å². The van der Waals surface area contributed by atoms with Crippen molar-refractivity contribution in [2.45, 2.75) is 19.4 Å². The van der Waals surface area contributed by atoms with Gasteiger partial charge in [-0.3, -0.25) is 10.2 Å². The molecule has 1 amide bonds. The van der Waals surface area contributed by atoms with Gasteiger partial charge in [0.25, 0.3) is 0 Å². The SMILES string of the molecule is CC(CC(N)=O)Nc1nc(NN)nc(N(C)C)n1. The predicted octanol–water partition coefficient (Wildman–Crippen LogP) is -1.10. The Morgan fingerprint density at radius 2 is 1.94 bits per heavy atom. The maximum Gasteiger partial charge on any atom is 0.243 e. The molecule has 0 bridgehead atoms. The molecule has 6 N–H and O–H groups in total. The molecule has 0 aliphatic carbocycles. The van der Waals surface area contributed by atoms with Crippen LogP contribution in [0.2, 0.25) is 0 Å². The van der Waals surface area contributed by atoms with Gasteiger partial charge in [0.2, 0.25) is 23.8 Å². The predicted molar refractivity (Wildman–Crippen MR) is 68.9 cm³/mol. The lowest BCUT2D eigenvalue weighted by Gasteiger charge is -2.15. The second kappa shape index (κ2) is 5.96. The van der Waals surface area contributed by atoms with Crippen LogP contribution in [0, 0.1) is 0 Å². The second-order valence-electron chi connectivity index (χ2n) is 4.04. The normalized spacial score (nSPS) is 11.8. The summed E-state index contributed by atoms with van der Waals surface area (Å²) in [5, 5.41) is 2.96. The molecule has 9 nitrogen and oxygen atoms in total. The van der Waals surface area contributed by atoms with Crippen molar-refractivity contribution in [1.29, 1.82) is 0 Å². The highest BCUT2D eigenvalue weighted by atomic mass is 16.1. The number of carbonyl (C=O) groups excluding carboxylic acids is 1. The number of hydrogen-bond donors (Lipinski definition) is 4. The summed E-state index contributed by atoms with van der Waals surface area (Å²) >= 11 is 0. The van der Waals surface area contributed by atoms with E-state index in [1.165, 1.54) is 0 Å². The number of primary amides is 1. The number of amides is 1. The van der Waals surface area contributed by atoms with Crippen molar-refractivity contribution in [2.24, 2.45) is 11.6 Å². The first kappa shape index (κ1) is 13.9. The lowest BCUT2D eigenvalue weighted by Crippen LogP contribution is -2.26. The fraction of sp³-hybridized carbons (Fsp3) is 0.556. The van der Waals surface area contributed by atoms with Crippen molar-refractivity contribution < 1.29 is 4.79 Å². The zero-order valence-electron chi connectivity index (χ0n) is 10.6. The van der Waals surface area contributed by atoms with Crippen LogP contribution in [0.25, 0.3) is 0 Å². The van der Waals surface area contributed by atoms with Gasteiger partial charge < -0.3 is 16.0 Å². The summed E-state index contributed by atoms with van der Waals surface area (Å²) in [6.45, 7) is 1.80. The molecule has 9 heteroatoms. The van der Waals surface area contributed by atoms with Crippen LogP contribution in [0.3, 0.4) is 0 Å². The van der Waals surface area contributed by atoms with Crippen molar-refractivity contribution in [2.75, 3.05) is 29.7 Å². The van der Waals surface area contributed by atoms with Crippen LogP contribution >= 0.6 is 0 Å². The fourth-order valence-corrected chi connectivity index (χ4v) is 1.27. The Balaban J connectivity index is 2.87. The molecule has 1 aromatic rings. The van der Waals surface area contributed by atoms with Crippen molar-refractivity contribution in [1.82, 2.24) is 15.0 Å². The highest BCUT2D eigenvalue weighted by molar-refractivity contribution is 5.74. The van der Waals surface area contributed by atoms with Crippen molar-refractivity contribution in [3.63, 3.8) is 0 Å². The Morgan fingerprint density at radius 1 is 1.33 bits per heavy atom. The lowest BCUT2D eigenvalue weighted by molar-refractivity contribution is -0.118. The summed E-state index contributed by atoms with van der Waals surface area (Å²) in [6, 6.07) is -0.175. The smallest absolute Gasteiger partial charge is 0.243 e. The minimum absolute atomic E-state index is 0.175. The van der Waals surface area contributed by atoms with E-state index in [4.69, 9.17) is 11.6 Å². The lowest BCUT2D eigenvalue weighted by atomic mass is 10.2. The van der Waals surface area contributed by atoms with E-state index in [0.29, 0.717) is 11.9 Å². The van der Waals surface area contributed by atoms with Crippen LogP contribution in [0.5, 0.6) is 0 Å². The average Bonchev–Trinajstić information content (AvgIpc) is 2.27. The standard InChI is InChI=1S/C9H18N8O/c1-5(4-6(10)18)12-7-13-8(16-11)15-9(14-7)17(2)3/h5H,4,11H2,1-3H3,(H2,10,18)(H2,12,13,14,15,16). The van der Waals surface area contributed by atoms with Crippen LogP contribution in [0.1, 0.15) is 13.3 Å². The van der Waals surface area contributed by atoms with E-state index in [0.717, 1.165) is 0 Å². The highest BCUT2D eigenvalue weighted by Crippen LogP contribution is 2.11. The highest BCUT2D eigenvalue weighted by Gasteiger charge is 2.11. The molecule has 1 aromatic heterocycles. The zero-order valence-corrected chi connectivity index (χ0v) is 10.6. The third-order valence-electron chi connectivity index (χ3n) is 2.04. The number of anilines is 3. The summed E-state index contributed by atoms with van der Waals surface area (Å²) in [7, 11) is 3.60. The molecule has 0 aromatic carbocycles. The Kier molecular flexibility index (Phi) is 4.60. The number of aromatic nitrogens is 3. The van der Waals surface area contributed by atoms with E-state index in [2.05, 4.69) is 25.7 Å². The van der Waals surface area contributed by atoms with Crippen molar-refractivity contribution in [3.05, 3.63) is 0 Å². The van der Waals surface area contributed by atoms with Crippen molar-refractivity contribution >= 4 is 23.8 Å². The summed E-state index contributed by atoms with van der Waals surface area (Å²) < 4.78 is 0. The first-order valence-electron chi connectivity index (χ1n) is 5.37. The van der Waals surface area contributed by atoms with E-state index < -0.39 is 5.91 Å². The minimum atomic E-state index is -0.394. The second-order valence-corrected chi connectivity index (χ2v) is 4.04. The summed E-state index contributed by atoms with van der Waals surface area (Å²) in [6.07, 6.45) is 0.189. The van der Waals surface area contributed by atoms with Gasteiger partial charge in [-0.15, -0.1) is 0 Å². The van der Waals surface area contributed by atoms with E-state index in [1.54, 1.807) is 25.9 Å². The van der Waals surface area contributed by atoms with Gasteiger partial charge in [-0.1, -0.05) is 0 Å². The summed E-state index contributed by atoms with van der Waals surface area (Å²) in [5.74, 6) is 5.90. The maximum absolute atomic E-state index is 10.8. The van der Waals surface area contributed by atoms with Crippen molar-refractivity contribution in [3.8, 4) is 0 Å². The number of carbonyl (C=O) groups is 1. The number of hydrazine groups is 1. The molecular weight excluding hydrogens is 236 g/mol. The van der Waals surface area contributed by atoms with E-state index in [1.807, 2.05) is 0 Å². The molecule has 1 heterocycles. The molecule has 0 radical (unpaired) electrons. The molecule has 0 saturated carbocycles. The number of rotatable bonds is 6. The Morgan fingerprint density at radius 3 is 2.44 bits per heavy atom. The molecule has 0 saturated heterocycles. The van der Waals surface area contributed by atoms with Crippen LogP contribution in [0.4, 0.5) is 17.8 Å². The number of nitrogens with two attached hydrogens (primary N) is 2. The molecule has 100 valence electrons. The molecular formula is C9H18N8O. The molecule has 1 rings (SSSR count). The summed E-state index contributed by atoms with van der Waals surface area (Å²) in [5.41, 5.74) is 7.46. The molecule has 18 heavy (non-hydrogen) atoms. The molecule has 1 unspecified atom stereocenters. The first-order chi connectivity index (χ1) is 8.42. The Hall–Kier alpha value is -2.16. The van der Waals surface area contributed by atoms with Gasteiger partial charge in [-0.25, -0.2) is 5.84 Å². The topological polar surface area (TPSA) is 135 Å². The van der Waals surface area contributed by atoms with Gasteiger partial charge in [0, 0.05) is 26.6 Å². The number of nitrogens with one attached hydrogen (secondary N) is 2. The third-order valence-corrected chi connectivity index (χ3v) is 2.04. The van der Waals surface area contributed by atoms with Crippen LogP contribution < -0.4 is 27.2 Å². The summed E-state index contributed by atoms with van der Waals surface area (Å²) in [4.78, 5) is 24.8. The third kappa shape index (κ3) is 4.01. The monoisotopic (exact) mass is 254 g/mol. The van der Waals surface area contributed by atoms with Crippen LogP contribution in [-0.4, -0.2) is 41.0 Å². The van der Waals surface area contributed by atoms with Gasteiger partial charge >= 0.3 is 0 Å². The van der Waals surface area contributed by atoms with E-state index >= 15 is 0 Å². The molecule has 0 aliphatic heterocycles. The van der Waals surface area contributed by atoms with Gasteiger partial charge in [0.1, 0.15) is 0 Å².